The molecule has 0 radical (unpaired) electrons. The summed E-state index contributed by atoms with van der Waals surface area (Å²) in [4.78, 5) is 14.0. The smallest absolute Gasteiger partial charge is 0.223 e. The lowest BCUT2D eigenvalue weighted by atomic mass is 9.91. The maximum Gasteiger partial charge on any atom is 0.223 e. The minimum Gasteiger partial charge on any atom is -0.370 e. The van der Waals surface area contributed by atoms with E-state index in [2.05, 4.69) is 0 Å². The SMILES string of the molecule is CC(C)(C)CC(=O)N1CCOC(c2ccccc2F)C1. The number of carbonyl (C=O) groups is 1. The lowest BCUT2D eigenvalue weighted by molar-refractivity contribution is -0.141. The molecule has 1 aliphatic heterocycles. The van der Waals surface area contributed by atoms with Gasteiger partial charge in [0.2, 0.25) is 5.91 Å². The van der Waals surface area contributed by atoms with Gasteiger partial charge in [-0.1, -0.05) is 39.0 Å². The van der Waals surface area contributed by atoms with Crippen LogP contribution in [0.2, 0.25) is 0 Å². The van der Waals surface area contributed by atoms with Crippen LogP contribution in [0.1, 0.15) is 38.9 Å². The van der Waals surface area contributed by atoms with Gasteiger partial charge in [0.1, 0.15) is 11.9 Å². The van der Waals surface area contributed by atoms with Crippen LogP contribution in [0.15, 0.2) is 24.3 Å². The molecular weight excluding hydrogens is 257 g/mol. The first-order chi connectivity index (χ1) is 9.37. The minimum atomic E-state index is -0.367. The first-order valence-corrected chi connectivity index (χ1v) is 7.00. The van der Waals surface area contributed by atoms with Gasteiger partial charge in [0, 0.05) is 18.5 Å². The summed E-state index contributed by atoms with van der Waals surface area (Å²) in [7, 11) is 0. The molecule has 4 heteroatoms. The van der Waals surface area contributed by atoms with E-state index in [1.165, 1.54) is 6.07 Å². The van der Waals surface area contributed by atoms with Crippen LogP contribution in [0.25, 0.3) is 0 Å². The monoisotopic (exact) mass is 279 g/mol. The Morgan fingerprint density at radius 1 is 1.40 bits per heavy atom. The second-order valence-corrected chi connectivity index (χ2v) is 6.46. The Labute approximate surface area is 119 Å². The van der Waals surface area contributed by atoms with Gasteiger partial charge in [-0.2, -0.15) is 0 Å². The largest absolute Gasteiger partial charge is 0.370 e. The molecule has 1 aromatic rings. The number of halogens is 1. The van der Waals surface area contributed by atoms with Gasteiger partial charge in [0.05, 0.1) is 13.2 Å². The van der Waals surface area contributed by atoms with Gasteiger partial charge >= 0.3 is 0 Å². The Kier molecular flexibility index (Phi) is 4.43. The summed E-state index contributed by atoms with van der Waals surface area (Å²) in [6.45, 7) is 7.59. The number of carbonyl (C=O) groups excluding carboxylic acids is 1. The van der Waals surface area contributed by atoms with Crippen molar-refractivity contribution in [2.45, 2.75) is 33.3 Å². The summed E-state index contributed by atoms with van der Waals surface area (Å²) in [6.07, 6.45) is 0.130. The van der Waals surface area contributed by atoms with E-state index in [1.54, 1.807) is 23.1 Å². The van der Waals surface area contributed by atoms with Crippen molar-refractivity contribution < 1.29 is 13.9 Å². The Morgan fingerprint density at radius 2 is 2.10 bits per heavy atom. The van der Waals surface area contributed by atoms with E-state index in [1.807, 2.05) is 20.8 Å². The lowest BCUT2D eigenvalue weighted by Gasteiger charge is -2.34. The zero-order valence-electron chi connectivity index (χ0n) is 12.4. The van der Waals surface area contributed by atoms with Gasteiger partial charge in [0.25, 0.3) is 0 Å². The molecule has 1 amide bonds. The van der Waals surface area contributed by atoms with Crippen molar-refractivity contribution in [3.05, 3.63) is 35.6 Å². The van der Waals surface area contributed by atoms with Crippen LogP contribution in [0.5, 0.6) is 0 Å². The second kappa shape index (κ2) is 5.92. The van der Waals surface area contributed by atoms with Crippen LogP contribution in [0, 0.1) is 11.2 Å². The van der Waals surface area contributed by atoms with Crippen LogP contribution in [-0.4, -0.2) is 30.5 Å². The molecule has 0 aromatic heterocycles. The molecule has 20 heavy (non-hydrogen) atoms. The standard InChI is InChI=1S/C16H22FNO2/c1-16(2,3)10-15(19)18-8-9-20-14(11-18)12-6-4-5-7-13(12)17/h4-7,14H,8-11H2,1-3H3. The first kappa shape index (κ1) is 15.0. The number of amides is 1. The molecule has 1 saturated heterocycles. The van der Waals surface area contributed by atoms with Crippen molar-refractivity contribution in [1.29, 1.82) is 0 Å². The van der Waals surface area contributed by atoms with Gasteiger partial charge in [-0.05, 0) is 11.5 Å². The Morgan fingerprint density at radius 3 is 2.75 bits per heavy atom. The van der Waals surface area contributed by atoms with E-state index in [9.17, 15) is 9.18 Å². The minimum absolute atomic E-state index is 0.0388. The third kappa shape index (κ3) is 3.79. The molecule has 1 heterocycles. The fraction of sp³-hybridized carbons (Fsp3) is 0.562. The van der Waals surface area contributed by atoms with Gasteiger partial charge in [0.15, 0.2) is 0 Å². The number of nitrogens with zero attached hydrogens (tertiary/aromatic N) is 1. The zero-order chi connectivity index (χ0) is 14.8. The molecule has 1 unspecified atom stereocenters. The highest BCUT2D eigenvalue weighted by molar-refractivity contribution is 5.77. The van der Waals surface area contributed by atoms with Crippen molar-refractivity contribution in [2.24, 2.45) is 5.41 Å². The second-order valence-electron chi connectivity index (χ2n) is 6.46. The normalized spacial score (nSPS) is 20.0. The first-order valence-electron chi connectivity index (χ1n) is 7.00. The highest BCUT2D eigenvalue weighted by Gasteiger charge is 2.28. The molecule has 0 saturated carbocycles. The number of benzene rings is 1. The third-order valence-electron chi connectivity index (χ3n) is 3.35. The van der Waals surface area contributed by atoms with Crippen molar-refractivity contribution in [3.63, 3.8) is 0 Å². The molecule has 1 fully saturated rings. The Balaban J connectivity index is 2.06. The van der Waals surface area contributed by atoms with Crippen LogP contribution in [0.4, 0.5) is 4.39 Å². The van der Waals surface area contributed by atoms with Crippen molar-refractivity contribution in [2.75, 3.05) is 19.7 Å². The van der Waals surface area contributed by atoms with E-state index < -0.39 is 0 Å². The molecule has 2 rings (SSSR count). The topological polar surface area (TPSA) is 29.5 Å². The van der Waals surface area contributed by atoms with Crippen LogP contribution >= 0.6 is 0 Å². The molecule has 1 aliphatic rings. The molecule has 0 N–H and O–H groups in total. The average Bonchev–Trinajstić information content (AvgIpc) is 2.37. The summed E-state index contributed by atoms with van der Waals surface area (Å²) in [6, 6.07) is 6.59. The lowest BCUT2D eigenvalue weighted by Crippen LogP contribution is -2.43. The summed E-state index contributed by atoms with van der Waals surface area (Å²) in [5, 5.41) is 0. The van der Waals surface area contributed by atoms with Crippen molar-refractivity contribution in [1.82, 2.24) is 4.90 Å². The van der Waals surface area contributed by atoms with Crippen molar-refractivity contribution in [3.8, 4) is 0 Å². The van der Waals surface area contributed by atoms with Crippen LogP contribution in [-0.2, 0) is 9.53 Å². The fourth-order valence-corrected chi connectivity index (χ4v) is 2.37. The predicted molar refractivity (Wildman–Crippen MR) is 75.7 cm³/mol. The van der Waals surface area contributed by atoms with Gasteiger partial charge < -0.3 is 9.64 Å². The van der Waals surface area contributed by atoms with E-state index in [0.717, 1.165) is 0 Å². The summed E-state index contributed by atoms with van der Waals surface area (Å²) in [5.41, 5.74) is 0.490. The van der Waals surface area contributed by atoms with Crippen molar-refractivity contribution >= 4 is 5.91 Å². The summed E-state index contributed by atoms with van der Waals surface area (Å²) in [5.74, 6) is -0.162. The number of hydrogen-bond acceptors (Lipinski definition) is 2. The molecule has 0 spiro atoms. The maximum absolute atomic E-state index is 13.8. The molecule has 110 valence electrons. The molecule has 0 bridgehead atoms. The summed E-state index contributed by atoms with van der Waals surface area (Å²) >= 11 is 0. The Bertz CT molecular complexity index is 482. The van der Waals surface area contributed by atoms with Gasteiger partial charge in [-0.25, -0.2) is 4.39 Å². The fourth-order valence-electron chi connectivity index (χ4n) is 2.37. The molecule has 1 atom stereocenters. The van der Waals surface area contributed by atoms with Gasteiger partial charge in [-0.3, -0.25) is 4.79 Å². The highest BCUT2D eigenvalue weighted by Crippen LogP contribution is 2.26. The quantitative estimate of drug-likeness (QED) is 0.832. The number of ether oxygens (including phenoxy) is 1. The highest BCUT2D eigenvalue weighted by atomic mass is 19.1. The third-order valence-corrected chi connectivity index (χ3v) is 3.35. The number of rotatable bonds is 2. The number of hydrogen-bond donors (Lipinski definition) is 0. The van der Waals surface area contributed by atoms with E-state index in [4.69, 9.17) is 4.74 Å². The van der Waals surface area contributed by atoms with E-state index in [-0.39, 0.29) is 23.2 Å². The van der Waals surface area contributed by atoms with E-state index in [0.29, 0.717) is 31.7 Å². The van der Waals surface area contributed by atoms with Crippen LogP contribution < -0.4 is 0 Å². The number of morpholine rings is 1. The average molecular weight is 279 g/mol. The zero-order valence-corrected chi connectivity index (χ0v) is 12.4. The van der Waals surface area contributed by atoms with E-state index >= 15 is 0 Å². The Hall–Kier alpha value is -1.42. The molecule has 1 aromatic carbocycles. The molecule has 3 nitrogen and oxygen atoms in total. The van der Waals surface area contributed by atoms with Gasteiger partial charge in [-0.15, -0.1) is 0 Å². The maximum atomic E-state index is 13.8. The predicted octanol–water partition coefficient (Wildman–Crippen LogP) is 3.16. The van der Waals surface area contributed by atoms with Crippen LogP contribution in [0.3, 0.4) is 0 Å². The summed E-state index contributed by atoms with van der Waals surface area (Å²) < 4.78 is 19.4. The molecular formula is C16H22FNO2. The molecule has 0 aliphatic carbocycles.